The van der Waals surface area contributed by atoms with Gasteiger partial charge in [-0.05, 0) is 45.1 Å². The van der Waals surface area contributed by atoms with Gasteiger partial charge in [0.05, 0.1) is 11.0 Å². The number of piperidine rings is 1. The Bertz CT molecular complexity index is 768. The minimum Gasteiger partial charge on any atom is -0.321 e. The summed E-state index contributed by atoms with van der Waals surface area (Å²) in [5, 5.41) is 0. The maximum atomic E-state index is 4.93. The lowest BCUT2D eigenvalue weighted by molar-refractivity contribution is 0.224. The number of rotatable bonds is 2. The lowest BCUT2D eigenvalue weighted by atomic mass is 10.0. The highest BCUT2D eigenvalue weighted by atomic mass is 15.2. The second-order valence-electron chi connectivity index (χ2n) is 6.19. The Morgan fingerprint density at radius 3 is 2.36 bits per heavy atom. The number of benzene rings is 2. The molecule has 1 aromatic heterocycles. The third-order valence-corrected chi connectivity index (χ3v) is 4.68. The largest absolute Gasteiger partial charge is 0.321 e. The summed E-state index contributed by atoms with van der Waals surface area (Å²) in [7, 11) is 2.21. The van der Waals surface area contributed by atoms with E-state index in [4.69, 9.17) is 4.98 Å². The molecule has 4 rings (SSSR count). The zero-order chi connectivity index (χ0) is 14.9. The van der Waals surface area contributed by atoms with E-state index in [9.17, 15) is 0 Å². The zero-order valence-corrected chi connectivity index (χ0v) is 12.9. The molecule has 0 saturated carbocycles. The Morgan fingerprint density at radius 1 is 0.909 bits per heavy atom. The number of hydrogen-bond donors (Lipinski definition) is 0. The van der Waals surface area contributed by atoms with Gasteiger partial charge >= 0.3 is 0 Å². The van der Waals surface area contributed by atoms with E-state index in [0.717, 1.165) is 24.4 Å². The minimum absolute atomic E-state index is 0.541. The first kappa shape index (κ1) is 13.5. The van der Waals surface area contributed by atoms with Crippen molar-refractivity contribution in [2.75, 3.05) is 20.1 Å². The molecule has 0 spiro atoms. The Balaban J connectivity index is 1.87. The molecule has 112 valence electrons. The number of nitrogens with zero attached hydrogens (tertiary/aromatic N) is 3. The molecule has 3 aromatic rings. The van der Waals surface area contributed by atoms with Crippen molar-refractivity contribution >= 4 is 11.0 Å². The summed E-state index contributed by atoms with van der Waals surface area (Å²) >= 11 is 0. The smallest absolute Gasteiger partial charge is 0.141 e. The molecule has 2 heterocycles. The molecule has 0 atom stereocenters. The Hall–Kier alpha value is -2.13. The third kappa shape index (κ3) is 2.32. The summed E-state index contributed by atoms with van der Waals surface area (Å²) in [6, 6.07) is 19.6. The lowest BCUT2D eigenvalue weighted by Gasteiger charge is -2.31. The van der Waals surface area contributed by atoms with Gasteiger partial charge < -0.3 is 9.47 Å². The molecule has 2 aromatic carbocycles. The van der Waals surface area contributed by atoms with Crippen LogP contribution in [-0.4, -0.2) is 34.6 Å². The maximum Gasteiger partial charge on any atom is 0.141 e. The molecule has 3 nitrogen and oxygen atoms in total. The first-order valence-electron chi connectivity index (χ1n) is 8.04. The number of imidazole rings is 1. The quantitative estimate of drug-likeness (QED) is 0.712. The summed E-state index contributed by atoms with van der Waals surface area (Å²) < 4.78 is 2.47. The molecule has 1 saturated heterocycles. The van der Waals surface area contributed by atoms with E-state index in [1.807, 2.05) is 0 Å². The van der Waals surface area contributed by atoms with Gasteiger partial charge in [-0.3, -0.25) is 0 Å². The monoisotopic (exact) mass is 291 g/mol. The van der Waals surface area contributed by atoms with E-state index in [1.54, 1.807) is 0 Å². The normalized spacial score (nSPS) is 17.1. The van der Waals surface area contributed by atoms with Gasteiger partial charge in [0.15, 0.2) is 0 Å². The van der Waals surface area contributed by atoms with Crippen molar-refractivity contribution in [2.24, 2.45) is 0 Å². The van der Waals surface area contributed by atoms with Gasteiger partial charge in [0, 0.05) is 11.6 Å². The first-order valence-corrected chi connectivity index (χ1v) is 8.04. The van der Waals surface area contributed by atoms with E-state index in [2.05, 4.69) is 71.1 Å². The first-order chi connectivity index (χ1) is 10.8. The van der Waals surface area contributed by atoms with Crippen LogP contribution in [-0.2, 0) is 0 Å². The van der Waals surface area contributed by atoms with Crippen LogP contribution in [0.3, 0.4) is 0 Å². The van der Waals surface area contributed by atoms with Crippen molar-refractivity contribution in [1.29, 1.82) is 0 Å². The van der Waals surface area contributed by atoms with Gasteiger partial charge in [-0.2, -0.15) is 0 Å². The van der Waals surface area contributed by atoms with Gasteiger partial charge in [-0.15, -0.1) is 0 Å². The number of fused-ring (bicyclic) bond motifs is 1. The number of hydrogen-bond acceptors (Lipinski definition) is 2. The van der Waals surface area contributed by atoms with Crippen molar-refractivity contribution in [3.05, 3.63) is 54.6 Å². The van der Waals surface area contributed by atoms with Crippen LogP contribution in [0.25, 0.3) is 22.4 Å². The van der Waals surface area contributed by atoms with E-state index < -0.39 is 0 Å². The van der Waals surface area contributed by atoms with Crippen LogP contribution in [0.2, 0.25) is 0 Å². The van der Waals surface area contributed by atoms with E-state index in [1.165, 1.54) is 23.9 Å². The summed E-state index contributed by atoms with van der Waals surface area (Å²) in [5.41, 5.74) is 3.56. The van der Waals surface area contributed by atoms with Gasteiger partial charge in [-0.1, -0.05) is 42.5 Å². The highest BCUT2D eigenvalue weighted by molar-refractivity contribution is 5.80. The highest BCUT2D eigenvalue weighted by Crippen LogP contribution is 2.32. The Labute approximate surface area is 131 Å². The number of aromatic nitrogens is 2. The topological polar surface area (TPSA) is 21.1 Å². The molecule has 0 aliphatic carbocycles. The fourth-order valence-corrected chi connectivity index (χ4v) is 3.46. The van der Waals surface area contributed by atoms with Crippen LogP contribution in [0.5, 0.6) is 0 Å². The van der Waals surface area contributed by atoms with Crippen molar-refractivity contribution in [1.82, 2.24) is 14.5 Å². The maximum absolute atomic E-state index is 4.93. The predicted molar refractivity (Wildman–Crippen MR) is 90.9 cm³/mol. The summed E-state index contributed by atoms with van der Waals surface area (Å²) in [6.07, 6.45) is 2.38. The number of likely N-dealkylation sites (tertiary alicyclic amines) is 1. The van der Waals surface area contributed by atoms with Crippen LogP contribution >= 0.6 is 0 Å². The fraction of sp³-hybridized carbons (Fsp3) is 0.316. The van der Waals surface area contributed by atoms with Crippen LogP contribution in [0.4, 0.5) is 0 Å². The van der Waals surface area contributed by atoms with Crippen molar-refractivity contribution in [2.45, 2.75) is 18.9 Å². The second-order valence-corrected chi connectivity index (χ2v) is 6.19. The molecule has 1 fully saturated rings. The Morgan fingerprint density at radius 2 is 1.59 bits per heavy atom. The average molecular weight is 291 g/mol. The minimum atomic E-state index is 0.541. The van der Waals surface area contributed by atoms with Crippen molar-refractivity contribution < 1.29 is 0 Å². The van der Waals surface area contributed by atoms with Crippen LogP contribution < -0.4 is 0 Å². The van der Waals surface area contributed by atoms with Crippen LogP contribution in [0.15, 0.2) is 54.6 Å². The van der Waals surface area contributed by atoms with Crippen molar-refractivity contribution in [3.8, 4) is 11.4 Å². The summed E-state index contributed by atoms with van der Waals surface area (Å²) in [5.74, 6) is 1.11. The third-order valence-electron chi connectivity index (χ3n) is 4.68. The van der Waals surface area contributed by atoms with Gasteiger partial charge in [0.25, 0.3) is 0 Å². The standard InChI is InChI=1S/C19H21N3/c1-21-13-11-16(12-14-21)22-18-10-6-5-9-17(18)20-19(22)15-7-3-2-4-8-15/h2-10,16H,11-14H2,1H3. The molecule has 0 N–H and O–H groups in total. The van der Waals surface area contributed by atoms with E-state index in [0.29, 0.717) is 6.04 Å². The highest BCUT2D eigenvalue weighted by Gasteiger charge is 2.23. The van der Waals surface area contributed by atoms with Gasteiger partial charge in [0.1, 0.15) is 5.82 Å². The van der Waals surface area contributed by atoms with Crippen LogP contribution in [0, 0.1) is 0 Å². The molecule has 0 radical (unpaired) electrons. The fourth-order valence-electron chi connectivity index (χ4n) is 3.46. The SMILES string of the molecule is CN1CCC(n2c(-c3ccccc3)nc3ccccc32)CC1. The molecule has 1 aliphatic rings. The molecule has 3 heteroatoms. The van der Waals surface area contributed by atoms with E-state index in [-0.39, 0.29) is 0 Å². The summed E-state index contributed by atoms with van der Waals surface area (Å²) in [6.45, 7) is 2.32. The average Bonchev–Trinajstić information content (AvgIpc) is 2.96. The molecular formula is C19H21N3. The van der Waals surface area contributed by atoms with Crippen LogP contribution in [0.1, 0.15) is 18.9 Å². The number of para-hydroxylation sites is 2. The lowest BCUT2D eigenvalue weighted by Crippen LogP contribution is -2.31. The second kappa shape index (κ2) is 5.58. The predicted octanol–water partition coefficient (Wildman–Crippen LogP) is 3.97. The summed E-state index contributed by atoms with van der Waals surface area (Å²) in [4.78, 5) is 7.34. The van der Waals surface area contributed by atoms with Crippen molar-refractivity contribution in [3.63, 3.8) is 0 Å². The van der Waals surface area contributed by atoms with E-state index >= 15 is 0 Å². The van der Waals surface area contributed by atoms with Gasteiger partial charge in [-0.25, -0.2) is 4.98 Å². The zero-order valence-electron chi connectivity index (χ0n) is 12.9. The van der Waals surface area contributed by atoms with Gasteiger partial charge in [0.2, 0.25) is 0 Å². The Kier molecular flexibility index (Phi) is 3.43. The molecule has 0 unspecified atom stereocenters. The molecule has 22 heavy (non-hydrogen) atoms. The molecule has 0 bridgehead atoms. The molecule has 1 aliphatic heterocycles. The molecule has 0 amide bonds. The molecular weight excluding hydrogens is 270 g/mol.